The van der Waals surface area contributed by atoms with E-state index in [1.165, 1.54) is 47.4 Å². The quantitative estimate of drug-likeness (QED) is 0.146. The monoisotopic (exact) mass is 614 g/mol. The van der Waals surface area contributed by atoms with Crippen LogP contribution in [0.3, 0.4) is 0 Å². The van der Waals surface area contributed by atoms with E-state index in [4.69, 9.17) is 10.6 Å². The molecule has 2 amide bonds. The van der Waals surface area contributed by atoms with Gasteiger partial charge in [0.05, 0.1) is 4.21 Å². The second-order valence-electron chi connectivity index (χ2n) is 8.30. The highest BCUT2D eigenvalue weighted by atomic mass is 32.2. The first-order valence-electron chi connectivity index (χ1n) is 11.4. The average molecular weight is 615 g/mol. The van der Waals surface area contributed by atoms with Crippen LogP contribution in [0.1, 0.15) is 11.3 Å². The number of hydrogen-bond donors (Lipinski definition) is 3. The number of oxime groups is 1. The van der Waals surface area contributed by atoms with E-state index in [-0.39, 0.29) is 44.7 Å². The number of fused-ring (bicyclic) bond motifs is 2. The van der Waals surface area contributed by atoms with E-state index in [0.717, 1.165) is 16.2 Å². The summed E-state index contributed by atoms with van der Waals surface area (Å²) in [6, 6.07) is 7.95. The zero-order valence-corrected chi connectivity index (χ0v) is 23.7. The van der Waals surface area contributed by atoms with Crippen molar-refractivity contribution in [1.82, 2.24) is 15.2 Å². The molecule has 4 N–H and O–H groups in total. The number of rotatable bonds is 8. The van der Waals surface area contributed by atoms with Crippen molar-refractivity contribution in [3.63, 3.8) is 0 Å². The van der Waals surface area contributed by atoms with Crippen LogP contribution in [0.15, 0.2) is 55.1 Å². The van der Waals surface area contributed by atoms with Crippen molar-refractivity contribution < 1.29 is 24.3 Å². The number of benzene rings is 1. The van der Waals surface area contributed by atoms with Crippen molar-refractivity contribution in [3.8, 4) is 6.07 Å². The summed E-state index contributed by atoms with van der Waals surface area (Å²) in [7, 11) is 1.26. The van der Waals surface area contributed by atoms with Crippen LogP contribution in [0.4, 0.5) is 5.13 Å². The second-order valence-corrected chi connectivity index (χ2v) is 12.6. The zero-order chi connectivity index (χ0) is 28.6. The Morgan fingerprint density at radius 1 is 1.38 bits per heavy atom. The molecule has 2 aromatic heterocycles. The zero-order valence-electron chi connectivity index (χ0n) is 20.4. The average Bonchev–Trinajstić information content (AvgIpc) is 3.38. The van der Waals surface area contributed by atoms with Crippen LogP contribution in [0.2, 0.25) is 0 Å². The molecular weight excluding hydrogens is 597 g/mol. The van der Waals surface area contributed by atoms with Crippen LogP contribution in [-0.4, -0.2) is 68.5 Å². The minimum Gasteiger partial charge on any atom is -0.477 e. The van der Waals surface area contributed by atoms with E-state index in [1.807, 2.05) is 6.07 Å². The molecule has 0 spiro atoms. The molecule has 0 unspecified atom stereocenters. The van der Waals surface area contributed by atoms with Crippen molar-refractivity contribution in [3.05, 3.63) is 62.4 Å². The predicted octanol–water partition coefficient (Wildman–Crippen LogP) is 2.05. The van der Waals surface area contributed by atoms with Crippen molar-refractivity contribution in [2.75, 3.05) is 24.3 Å². The van der Waals surface area contributed by atoms with Crippen molar-refractivity contribution >= 4 is 84.9 Å². The summed E-state index contributed by atoms with van der Waals surface area (Å²) in [5.41, 5.74) is 5.58. The second kappa shape index (κ2) is 11.3. The maximum atomic E-state index is 13.1. The summed E-state index contributed by atoms with van der Waals surface area (Å²) in [6.07, 6.45) is 0. The molecule has 4 heterocycles. The molecule has 12 nitrogen and oxygen atoms in total. The minimum absolute atomic E-state index is 0.00529. The molecule has 0 bridgehead atoms. The number of nitriles is 1. The molecule has 2 aliphatic heterocycles. The number of anilines is 1. The lowest BCUT2D eigenvalue weighted by Gasteiger charge is -2.49. The van der Waals surface area contributed by atoms with Gasteiger partial charge in [-0.2, -0.15) is 5.26 Å². The molecule has 0 saturated carbocycles. The first-order valence-corrected chi connectivity index (χ1v) is 15.1. The number of carboxylic acid groups (broad SMARTS) is 1. The predicted molar refractivity (Wildman–Crippen MR) is 153 cm³/mol. The SMILES string of the molecule is CO/N=C(/C(=O)N[C@@H]1C(=O)N2C(C(=O)O)=C(CSc3sc4ccccc4c(=O)c3C#N)CS[C@H]12)c1csc(N)n1. The summed E-state index contributed by atoms with van der Waals surface area (Å²) < 4.78 is 1.19. The molecule has 2 aliphatic rings. The summed E-state index contributed by atoms with van der Waals surface area (Å²) in [5.74, 6) is -2.18. The lowest BCUT2D eigenvalue weighted by Crippen LogP contribution is -2.71. The number of hydrogen-bond acceptors (Lipinski definition) is 13. The number of carbonyl (C=O) groups excluding carboxylic acids is 2. The lowest BCUT2D eigenvalue weighted by molar-refractivity contribution is -0.150. The molecular formula is C24H18N6O6S4. The number of nitrogens with one attached hydrogen (secondary N) is 1. The van der Waals surface area contributed by atoms with Gasteiger partial charge in [0.1, 0.15) is 41.5 Å². The Labute approximate surface area is 242 Å². The first-order chi connectivity index (χ1) is 19.2. The Morgan fingerprint density at radius 3 is 2.83 bits per heavy atom. The van der Waals surface area contributed by atoms with Crippen LogP contribution < -0.4 is 16.5 Å². The standard InChI is InChI=1S/C24H18N6O6S4/c1-36-29-15(13-9-39-24(26)27-13)19(32)28-16-20(33)30-17(22(34)35)10(7-37-21(16)30)8-38-23-12(6-25)18(31)11-4-2-3-5-14(11)40-23/h2-5,9,16,21H,7-8H2,1H3,(H2,26,27)(H,28,32)(H,34,35)/b29-15+/t16-,21-/m1/s1. The molecule has 0 radical (unpaired) electrons. The molecule has 5 rings (SSSR count). The van der Waals surface area contributed by atoms with Crippen LogP contribution in [-0.2, 0) is 19.2 Å². The Balaban J connectivity index is 1.36. The number of β-lactam (4-membered cyclic amide) rings is 1. The number of carbonyl (C=O) groups is 3. The molecule has 16 heteroatoms. The van der Waals surface area contributed by atoms with Crippen molar-refractivity contribution in [2.24, 2.45) is 5.16 Å². The van der Waals surface area contributed by atoms with Crippen LogP contribution >= 0.6 is 46.2 Å². The Hall–Kier alpha value is -3.91. The molecule has 1 fully saturated rings. The van der Waals surface area contributed by atoms with E-state index in [1.54, 1.807) is 24.3 Å². The van der Waals surface area contributed by atoms with Gasteiger partial charge < -0.3 is 21.0 Å². The number of aromatic nitrogens is 1. The molecule has 3 aromatic rings. The lowest BCUT2D eigenvalue weighted by atomic mass is 10.0. The van der Waals surface area contributed by atoms with E-state index < -0.39 is 29.2 Å². The van der Waals surface area contributed by atoms with E-state index in [9.17, 15) is 29.5 Å². The van der Waals surface area contributed by atoms with Gasteiger partial charge in [-0.05, 0) is 17.7 Å². The number of thioether (sulfide) groups is 2. The first kappa shape index (κ1) is 27.6. The van der Waals surface area contributed by atoms with Crippen LogP contribution in [0.5, 0.6) is 0 Å². The van der Waals surface area contributed by atoms with Gasteiger partial charge in [0.15, 0.2) is 10.8 Å². The van der Waals surface area contributed by atoms with Gasteiger partial charge in [-0.3, -0.25) is 19.3 Å². The van der Waals surface area contributed by atoms with Gasteiger partial charge in [-0.15, -0.1) is 46.2 Å². The largest absolute Gasteiger partial charge is 0.477 e. The number of nitrogens with zero attached hydrogens (tertiary/aromatic N) is 4. The minimum atomic E-state index is -1.29. The maximum absolute atomic E-state index is 13.1. The third-order valence-electron chi connectivity index (χ3n) is 5.95. The number of thiazole rings is 1. The number of aliphatic carboxylic acids is 1. The van der Waals surface area contributed by atoms with Gasteiger partial charge in [0.25, 0.3) is 11.8 Å². The summed E-state index contributed by atoms with van der Waals surface area (Å²) in [6.45, 7) is 0. The van der Waals surface area contributed by atoms with Gasteiger partial charge in [0, 0.05) is 27.0 Å². The van der Waals surface area contributed by atoms with Crippen LogP contribution in [0, 0.1) is 11.3 Å². The van der Waals surface area contributed by atoms with Crippen molar-refractivity contribution in [1.29, 1.82) is 5.26 Å². The number of nitrogen functional groups attached to an aromatic ring is 1. The summed E-state index contributed by atoms with van der Waals surface area (Å²) >= 11 is 4.87. The fourth-order valence-electron chi connectivity index (χ4n) is 4.17. The van der Waals surface area contributed by atoms with Gasteiger partial charge in [-0.25, -0.2) is 9.78 Å². The number of nitrogens with two attached hydrogens (primary N) is 1. The fourth-order valence-corrected chi connectivity index (χ4v) is 8.56. The van der Waals surface area contributed by atoms with Crippen molar-refractivity contribution in [2.45, 2.75) is 15.6 Å². The molecule has 2 atom stereocenters. The molecule has 204 valence electrons. The van der Waals surface area contributed by atoms with E-state index in [0.29, 0.717) is 19.9 Å². The van der Waals surface area contributed by atoms with E-state index >= 15 is 0 Å². The van der Waals surface area contributed by atoms with Gasteiger partial charge in [-0.1, -0.05) is 17.3 Å². The number of carboxylic acids is 1. The van der Waals surface area contributed by atoms with E-state index in [2.05, 4.69) is 15.5 Å². The Morgan fingerprint density at radius 2 is 2.15 bits per heavy atom. The third-order valence-corrected chi connectivity index (χ3v) is 10.5. The molecule has 1 aromatic carbocycles. The third kappa shape index (κ3) is 4.92. The highest BCUT2D eigenvalue weighted by Gasteiger charge is 2.54. The smallest absolute Gasteiger partial charge is 0.352 e. The maximum Gasteiger partial charge on any atom is 0.352 e. The normalized spacial score (nSPS) is 18.6. The molecule has 1 saturated heterocycles. The highest BCUT2D eigenvalue weighted by Crippen LogP contribution is 2.42. The molecule has 0 aliphatic carbocycles. The topological polar surface area (TPSA) is 188 Å². The fraction of sp³-hybridized carbons (Fsp3) is 0.208. The Bertz CT molecular complexity index is 1720. The van der Waals surface area contributed by atoms with Gasteiger partial charge in [0.2, 0.25) is 5.43 Å². The highest BCUT2D eigenvalue weighted by molar-refractivity contribution is 8.02. The molecule has 40 heavy (non-hydrogen) atoms. The summed E-state index contributed by atoms with van der Waals surface area (Å²) in [5, 5.41) is 27.5. The summed E-state index contributed by atoms with van der Waals surface area (Å²) in [4.78, 5) is 61.0. The van der Waals surface area contributed by atoms with Crippen LogP contribution in [0.25, 0.3) is 10.1 Å². The Kier molecular flexibility index (Phi) is 7.81. The van der Waals surface area contributed by atoms with Gasteiger partial charge >= 0.3 is 5.97 Å². The number of amides is 2.